The molecular weight excluding hydrogens is 491 g/mol. The van der Waals surface area contributed by atoms with Gasteiger partial charge in [0.15, 0.2) is 5.96 Å². The lowest BCUT2D eigenvalue weighted by Gasteiger charge is -2.39. The molecule has 1 aromatic carbocycles. The predicted molar refractivity (Wildman–Crippen MR) is 131 cm³/mol. The van der Waals surface area contributed by atoms with Crippen molar-refractivity contribution in [3.8, 4) is 0 Å². The highest BCUT2D eigenvalue weighted by Gasteiger charge is 2.28. The summed E-state index contributed by atoms with van der Waals surface area (Å²) in [4.78, 5) is 23.3. The van der Waals surface area contributed by atoms with Gasteiger partial charge in [-0.1, -0.05) is 37.3 Å². The maximum Gasteiger partial charge on any atom is 0.241 e. The van der Waals surface area contributed by atoms with Gasteiger partial charge in [0.2, 0.25) is 5.91 Å². The van der Waals surface area contributed by atoms with Crippen molar-refractivity contribution >= 4 is 35.8 Å². The van der Waals surface area contributed by atoms with Crippen LogP contribution >= 0.6 is 24.0 Å². The number of likely N-dealkylation sites (tertiary alicyclic amines) is 1. The number of piperidine rings is 1. The van der Waals surface area contributed by atoms with E-state index in [1.807, 2.05) is 36.9 Å². The summed E-state index contributed by atoms with van der Waals surface area (Å²) in [5, 5.41) is 6.31. The van der Waals surface area contributed by atoms with Crippen LogP contribution in [0.3, 0.4) is 0 Å². The van der Waals surface area contributed by atoms with Gasteiger partial charge in [0.05, 0.1) is 12.4 Å². The molecule has 1 saturated heterocycles. The molecule has 1 aliphatic heterocycles. The number of rotatable bonds is 7. The molecule has 0 spiro atoms. The van der Waals surface area contributed by atoms with E-state index in [-0.39, 0.29) is 36.4 Å². The number of hydrogen-bond acceptors (Lipinski definition) is 3. The first-order chi connectivity index (χ1) is 14.2. The lowest BCUT2D eigenvalue weighted by Crippen LogP contribution is -2.49. The fraction of sp³-hybridized carbons (Fsp3) is 0.500. The highest BCUT2D eigenvalue weighted by molar-refractivity contribution is 14.0. The SMILES string of the molecule is CCNC(=NCC(=O)NCCc1ccccc1)N1CCC(C)C(n2ccnc2)C1.I. The molecule has 1 fully saturated rings. The number of aromatic nitrogens is 2. The molecule has 164 valence electrons. The predicted octanol–water partition coefficient (Wildman–Crippen LogP) is 2.71. The first-order valence-corrected chi connectivity index (χ1v) is 10.5. The second-order valence-corrected chi connectivity index (χ2v) is 7.54. The number of imidazole rings is 1. The van der Waals surface area contributed by atoms with Crippen LogP contribution in [0, 0.1) is 5.92 Å². The van der Waals surface area contributed by atoms with Gasteiger partial charge in [0.25, 0.3) is 0 Å². The third-order valence-corrected chi connectivity index (χ3v) is 5.41. The molecule has 2 atom stereocenters. The number of nitrogens with one attached hydrogen (secondary N) is 2. The van der Waals surface area contributed by atoms with Crippen LogP contribution in [-0.4, -0.2) is 59.0 Å². The summed E-state index contributed by atoms with van der Waals surface area (Å²) in [6.45, 7) is 7.67. The van der Waals surface area contributed by atoms with Crippen molar-refractivity contribution in [3.05, 3.63) is 54.6 Å². The molecule has 2 N–H and O–H groups in total. The summed E-state index contributed by atoms with van der Waals surface area (Å²) in [6.07, 6.45) is 7.64. The van der Waals surface area contributed by atoms with Gasteiger partial charge in [-0.2, -0.15) is 0 Å². The topological polar surface area (TPSA) is 74.6 Å². The van der Waals surface area contributed by atoms with Gasteiger partial charge in [-0.05, 0) is 31.2 Å². The molecule has 0 bridgehead atoms. The van der Waals surface area contributed by atoms with Crippen molar-refractivity contribution in [1.29, 1.82) is 0 Å². The maximum absolute atomic E-state index is 12.3. The van der Waals surface area contributed by atoms with Gasteiger partial charge in [-0.25, -0.2) is 9.98 Å². The fourth-order valence-electron chi connectivity index (χ4n) is 3.71. The molecule has 0 aliphatic carbocycles. The lowest BCUT2D eigenvalue weighted by atomic mass is 9.93. The van der Waals surface area contributed by atoms with Crippen molar-refractivity contribution in [2.45, 2.75) is 32.7 Å². The number of halogens is 1. The molecule has 2 heterocycles. The zero-order chi connectivity index (χ0) is 20.5. The summed E-state index contributed by atoms with van der Waals surface area (Å²) in [5.74, 6) is 1.33. The van der Waals surface area contributed by atoms with Crippen molar-refractivity contribution in [3.63, 3.8) is 0 Å². The Hall–Kier alpha value is -2.10. The molecular formula is C22H33IN6O. The Morgan fingerprint density at radius 1 is 1.27 bits per heavy atom. The van der Waals surface area contributed by atoms with Crippen LogP contribution in [0.4, 0.5) is 0 Å². The lowest BCUT2D eigenvalue weighted by molar-refractivity contribution is -0.119. The van der Waals surface area contributed by atoms with Crippen LogP contribution < -0.4 is 10.6 Å². The maximum atomic E-state index is 12.3. The van der Waals surface area contributed by atoms with Crippen LogP contribution in [0.15, 0.2) is 54.0 Å². The standard InChI is InChI=1S/C22H32N6O.HI/c1-3-24-22(26-15-21(29)25-11-9-19-7-5-4-6-8-19)27-13-10-18(2)20(16-27)28-14-12-23-17-28;/h4-8,12,14,17-18,20H,3,9-11,13,15-16H2,1-2H3,(H,24,26)(H,25,29);1H. The summed E-state index contributed by atoms with van der Waals surface area (Å²) in [5.41, 5.74) is 1.22. The summed E-state index contributed by atoms with van der Waals surface area (Å²) >= 11 is 0. The minimum absolute atomic E-state index is 0. The van der Waals surface area contributed by atoms with E-state index in [1.54, 1.807) is 0 Å². The number of amides is 1. The van der Waals surface area contributed by atoms with E-state index in [1.165, 1.54) is 5.56 Å². The van der Waals surface area contributed by atoms with E-state index in [4.69, 9.17) is 0 Å². The van der Waals surface area contributed by atoms with Gasteiger partial charge >= 0.3 is 0 Å². The number of carbonyl (C=O) groups is 1. The third-order valence-electron chi connectivity index (χ3n) is 5.41. The molecule has 2 unspecified atom stereocenters. The molecule has 0 saturated carbocycles. The van der Waals surface area contributed by atoms with Crippen molar-refractivity contribution < 1.29 is 4.79 Å². The number of aliphatic imine (C=N–C) groups is 1. The molecule has 30 heavy (non-hydrogen) atoms. The van der Waals surface area contributed by atoms with Crippen LogP contribution in [0.2, 0.25) is 0 Å². The molecule has 7 nitrogen and oxygen atoms in total. The average Bonchev–Trinajstić information content (AvgIpc) is 3.27. The molecule has 3 rings (SSSR count). The van der Waals surface area contributed by atoms with Crippen molar-refractivity contribution in [1.82, 2.24) is 25.1 Å². The van der Waals surface area contributed by atoms with E-state index in [9.17, 15) is 4.79 Å². The van der Waals surface area contributed by atoms with Crippen LogP contribution in [0.25, 0.3) is 0 Å². The average molecular weight is 524 g/mol. The number of hydrogen-bond donors (Lipinski definition) is 2. The second-order valence-electron chi connectivity index (χ2n) is 7.54. The first-order valence-electron chi connectivity index (χ1n) is 10.5. The quantitative estimate of drug-likeness (QED) is 0.332. The first kappa shape index (κ1) is 24.2. The number of benzene rings is 1. The normalized spacial score (nSPS) is 19.1. The van der Waals surface area contributed by atoms with E-state index in [0.717, 1.165) is 38.4 Å². The van der Waals surface area contributed by atoms with Crippen LogP contribution in [0.1, 0.15) is 31.9 Å². The highest BCUT2D eigenvalue weighted by Crippen LogP contribution is 2.27. The Morgan fingerprint density at radius 3 is 2.77 bits per heavy atom. The van der Waals surface area contributed by atoms with Crippen LogP contribution in [-0.2, 0) is 11.2 Å². The molecule has 8 heteroatoms. The number of carbonyl (C=O) groups excluding carboxylic acids is 1. The monoisotopic (exact) mass is 524 g/mol. The molecule has 1 amide bonds. The van der Waals surface area contributed by atoms with E-state index >= 15 is 0 Å². The Labute approximate surface area is 196 Å². The van der Waals surface area contributed by atoms with Gasteiger partial charge < -0.3 is 20.1 Å². The van der Waals surface area contributed by atoms with Gasteiger partial charge in [-0.15, -0.1) is 24.0 Å². The largest absolute Gasteiger partial charge is 0.357 e. The van der Waals surface area contributed by atoms with Crippen molar-refractivity contribution in [2.75, 3.05) is 32.7 Å². The van der Waals surface area contributed by atoms with Crippen molar-refractivity contribution in [2.24, 2.45) is 10.9 Å². The van der Waals surface area contributed by atoms with Gasteiger partial charge in [0.1, 0.15) is 6.54 Å². The number of guanidine groups is 1. The smallest absolute Gasteiger partial charge is 0.241 e. The second kappa shape index (κ2) is 12.6. The Kier molecular flexibility index (Phi) is 10.1. The summed E-state index contributed by atoms with van der Waals surface area (Å²) in [7, 11) is 0. The summed E-state index contributed by atoms with van der Waals surface area (Å²) in [6, 6.07) is 10.5. The van der Waals surface area contributed by atoms with Crippen LogP contribution in [0.5, 0.6) is 0 Å². The Bertz CT molecular complexity index is 780. The Balaban J connectivity index is 0.00000320. The molecule has 1 aromatic heterocycles. The van der Waals surface area contributed by atoms with Gasteiger partial charge in [0, 0.05) is 38.6 Å². The number of nitrogens with zero attached hydrogens (tertiary/aromatic N) is 4. The zero-order valence-corrected chi connectivity index (χ0v) is 20.2. The van der Waals surface area contributed by atoms with E-state index in [2.05, 4.69) is 56.1 Å². The molecule has 1 aliphatic rings. The summed E-state index contributed by atoms with van der Waals surface area (Å²) < 4.78 is 2.18. The molecule has 2 aromatic rings. The minimum Gasteiger partial charge on any atom is -0.357 e. The zero-order valence-electron chi connectivity index (χ0n) is 17.8. The fourth-order valence-corrected chi connectivity index (χ4v) is 3.71. The molecule has 0 radical (unpaired) electrons. The Morgan fingerprint density at radius 2 is 2.07 bits per heavy atom. The third kappa shape index (κ3) is 7.00. The van der Waals surface area contributed by atoms with Gasteiger partial charge in [-0.3, -0.25) is 4.79 Å². The van der Waals surface area contributed by atoms with E-state index in [0.29, 0.717) is 18.5 Å². The highest BCUT2D eigenvalue weighted by atomic mass is 127. The minimum atomic E-state index is -0.0483. The van der Waals surface area contributed by atoms with E-state index < -0.39 is 0 Å².